The highest BCUT2D eigenvalue weighted by atomic mass is 32.2. The van der Waals surface area contributed by atoms with E-state index >= 15 is 0 Å². The molecule has 1 aliphatic heterocycles. The number of unbranched alkanes of at least 4 members (excludes halogenated alkanes) is 1. The molecule has 0 saturated carbocycles. The quantitative estimate of drug-likeness (QED) is 0.114. The van der Waals surface area contributed by atoms with Crippen molar-refractivity contribution in [3.63, 3.8) is 0 Å². The van der Waals surface area contributed by atoms with E-state index in [1.807, 2.05) is 24.3 Å². The lowest BCUT2D eigenvalue weighted by atomic mass is 10.2. The molecule has 0 fully saturated rings. The first-order valence-electron chi connectivity index (χ1n) is 12.0. The molecule has 0 aromatic heterocycles. The third kappa shape index (κ3) is 9.40. The van der Waals surface area contributed by atoms with Crippen LogP contribution in [0.5, 0.6) is 11.5 Å². The van der Waals surface area contributed by atoms with E-state index in [1.165, 1.54) is 23.1 Å². The molecule has 0 unspecified atom stereocenters. The summed E-state index contributed by atoms with van der Waals surface area (Å²) in [5.41, 5.74) is 1.19. The Kier molecular flexibility index (Phi) is 10.9. The number of hydrogen-bond donors (Lipinski definition) is 0. The summed E-state index contributed by atoms with van der Waals surface area (Å²) in [6, 6.07) is 14.4. The molecule has 2 aromatic carbocycles. The largest absolute Gasteiger partial charge is 0.494 e. The molecule has 2 aromatic rings. The second kappa shape index (κ2) is 14.6. The number of ether oxygens (including phenoxy) is 3. The number of benzene rings is 2. The third-order valence-electron chi connectivity index (χ3n) is 5.21. The lowest BCUT2D eigenvalue weighted by Gasteiger charge is -2.13. The van der Waals surface area contributed by atoms with Gasteiger partial charge in [-0.3, -0.25) is 19.3 Å². The van der Waals surface area contributed by atoms with Gasteiger partial charge < -0.3 is 14.2 Å². The van der Waals surface area contributed by atoms with Crippen LogP contribution in [0.4, 0.5) is 0 Å². The fraction of sp³-hybridized carbons (Fsp3) is 0.241. The van der Waals surface area contributed by atoms with E-state index in [0.29, 0.717) is 43.1 Å². The van der Waals surface area contributed by atoms with Crippen LogP contribution >= 0.6 is 11.8 Å². The van der Waals surface area contributed by atoms with Gasteiger partial charge >= 0.3 is 5.97 Å². The fourth-order valence-corrected chi connectivity index (χ4v) is 3.86. The number of rotatable bonds is 14. The molecule has 38 heavy (non-hydrogen) atoms. The molecule has 198 valence electrons. The molecule has 1 aliphatic rings. The van der Waals surface area contributed by atoms with Gasteiger partial charge in [0.1, 0.15) is 24.7 Å². The van der Waals surface area contributed by atoms with Crippen LogP contribution in [-0.2, 0) is 23.9 Å². The smallest absolute Gasteiger partial charge is 0.333 e. The van der Waals surface area contributed by atoms with E-state index in [0.717, 1.165) is 22.2 Å². The minimum absolute atomic E-state index is 0.112. The first-order chi connectivity index (χ1) is 18.3. The molecule has 0 bridgehead atoms. The average molecular weight is 536 g/mol. The van der Waals surface area contributed by atoms with Crippen LogP contribution in [0.3, 0.4) is 0 Å². The van der Waals surface area contributed by atoms with Gasteiger partial charge in [-0.2, -0.15) is 0 Å². The van der Waals surface area contributed by atoms with Crippen molar-refractivity contribution in [1.29, 1.82) is 0 Å². The van der Waals surface area contributed by atoms with Gasteiger partial charge in [0.15, 0.2) is 0 Å². The predicted molar refractivity (Wildman–Crippen MR) is 145 cm³/mol. The minimum atomic E-state index is -0.446. The van der Waals surface area contributed by atoms with Gasteiger partial charge in [-0.15, -0.1) is 0 Å². The van der Waals surface area contributed by atoms with Crippen molar-refractivity contribution in [2.75, 3.05) is 26.4 Å². The maximum atomic E-state index is 12.3. The Morgan fingerprint density at radius 3 is 2.11 bits per heavy atom. The van der Waals surface area contributed by atoms with E-state index in [4.69, 9.17) is 14.2 Å². The molecule has 1 heterocycles. The van der Waals surface area contributed by atoms with Crippen molar-refractivity contribution in [3.8, 4) is 11.5 Å². The summed E-state index contributed by atoms with van der Waals surface area (Å²) in [4.78, 5) is 48.7. The third-order valence-corrected chi connectivity index (χ3v) is 6.06. The van der Waals surface area contributed by atoms with Crippen molar-refractivity contribution >= 4 is 40.7 Å². The molecule has 8 nitrogen and oxygen atoms in total. The molecule has 0 saturated heterocycles. The van der Waals surface area contributed by atoms with Crippen LogP contribution < -0.4 is 9.47 Å². The lowest BCUT2D eigenvalue weighted by Crippen LogP contribution is -2.31. The molecule has 0 aliphatic carbocycles. The number of carbonyl (C=O) groups is 4. The van der Waals surface area contributed by atoms with Gasteiger partial charge in [-0.1, -0.05) is 24.8 Å². The predicted octanol–water partition coefficient (Wildman–Crippen LogP) is 4.60. The number of nitrogens with zero attached hydrogens (tertiary/aromatic N) is 1. The summed E-state index contributed by atoms with van der Waals surface area (Å²) in [6.45, 7) is 6.31. The summed E-state index contributed by atoms with van der Waals surface area (Å²) in [5, 5.41) is -0.112. The average Bonchev–Trinajstić information content (AvgIpc) is 3.23. The molecular formula is C29H29NO7S. The Morgan fingerprint density at radius 1 is 0.868 bits per heavy atom. The van der Waals surface area contributed by atoms with Crippen LogP contribution in [0, 0.1) is 0 Å². The van der Waals surface area contributed by atoms with Gasteiger partial charge in [-0.25, -0.2) is 4.79 Å². The second-order valence-electron chi connectivity index (χ2n) is 8.28. The van der Waals surface area contributed by atoms with Crippen molar-refractivity contribution < 1.29 is 33.4 Å². The van der Waals surface area contributed by atoms with Crippen molar-refractivity contribution in [2.24, 2.45) is 0 Å². The normalized spacial score (nSPS) is 12.7. The molecular weight excluding hydrogens is 506 g/mol. The van der Waals surface area contributed by atoms with Crippen LogP contribution in [0.15, 0.2) is 83.8 Å². The summed E-state index contributed by atoms with van der Waals surface area (Å²) < 4.78 is 16.2. The highest BCUT2D eigenvalue weighted by Crippen LogP contribution is 2.23. The van der Waals surface area contributed by atoms with Gasteiger partial charge in [0.25, 0.3) is 11.8 Å². The monoisotopic (exact) mass is 535 g/mol. The van der Waals surface area contributed by atoms with E-state index < -0.39 is 5.97 Å². The Bertz CT molecular complexity index is 1200. The Balaban J connectivity index is 1.33. The second-order valence-corrected chi connectivity index (χ2v) is 9.35. The fourth-order valence-electron chi connectivity index (χ4n) is 3.22. The highest BCUT2D eigenvalue weighted by Gasteiger charge is 2.22. The molecule has 0 N–H and O–H groups in total. The van der Waals surface area contributed by atoms with E-state index in [-0.39, 0.29) is 30.1 Å². The molecule has 0 atom stereocenters. The summed E-state index contributed by atoms with van der Waals surface area (Å²) in [6.07, 6.45) is 7.16. The summed E-state index contributed by atoms with van der Waals surface area (Å²) >= 11 is 1.11. The van der Waals surface area contributed by atoms with E-state index in [9.17, 15) is 19.2 Å². The van der Waals surface area contributed by atoms with Crippen molar-refractivity contribution in [1.82, 2.24) is 4.90 Å². The summed E-state index contributed by atoms with van der Waals surface area (Å²) in [7, 11) is 0. The van der Waals surface area contributed by atoms with E-state index in [1.54, 1.807) is 37.3 Å². The van der Waals surface area contributed by atoms with Crippen LogP contribution in [0.1, 0.15) is 25.3 Å². The van der Waals surface area contributed by atoms with E-state index in [2.05, 4.69) is 6.58 Å². The van der Waals surface area contributed by atoms with Gasteiger partial charge in [0, 0.05) is 29.2 Å². The van der Waals surface area contributed by atoms with Gasteiger partial charge in [0.2, 0.25) is 5.12 Å². The Morgan fingerprint density at radius 2 is 1.47 bits per heavy atom. The molecule has 0 spiro atoms. The van der Waals surface area contributed by atoms with Crippen LogP contribution in [0.25, 0.3) is 6.08 Å². The highest BCUT2D eigenvalue weighted by molar-refractivity contribution is 8.14. The number of imide groups is 1. The van der Waals surface area contributed by atoms with Crippen LogP contribution in [-0.4, -0.2) is 54.2 Å². The SMILES string of the molecule is C=C(C)C(=O)OCCOc1ccc(/C=C/C(=O)Sc2ccc(OCCCCN3C(=O)C=CC3=O)cc2)cc1. The first-order valence-corrected chi connectivity index (χ1v) is 12.9. The Labute approximate surface area is 225 Å². The first kappa shape index (κ1) is 28.5. The van der Waals surface area contributed by atoms with Crippen molar-refractivity contribution in [2.45, 2.75) is 24.7 Å². The number of esters is 1. The molecule has 0 radical (unpaired) electrons. The standard InChI is InChI=1S/C29H29NO7S/c1-21(2)29(34)37-20-19-36-23-8-5-22(6-9-23)7-16-28(33)38-25-12-10-24(11-13-25)35-18-4-3-17-30-26(31)14-15-27(30)32/h5-16H,1,3-4,17-20H2,2H3/b16-7+. The zero-order valence-electron chi connectivity index (χ0n) is 21.1. The molecule has 3 rings (SSSR count). The maximum Gasteiger partial charge on any atom is 0.333 e. The topological polar surface area (TPSA) is 99.2 Å². The minimum Gasteiger partial charge on any atom is -0.494 e. The van der Waals surface area contributed by atoms with Gasteiger partial charge in [-0.05, 0) is 79.6 Å². The number of amides is 2. The number of carbonyl (C=O) groups excluding carboxylic acids is 4. The van der Waals surface area contributed by atoms with Crippen molar-refractivity contribution in [3.05, 3.63) is 84.5 Å². The van der Waals surface area contributed by atoms with Gasteiger partial charge in [0.05, 0.1) is 6.61 Å². The maximum absolute atomic E-state index is 12.3. The zero-order valence-corrected chi connectivity index (χ0v) is 21.9. The van der Waals surface area contributed by atoms with Crippen LogP contribution in [0.2, 0.25) is 0 Å². The Hall–Kier alpha value is -4.11. The lowest BCUT2D eigenvalue weighted by molar-refractivity contribution is -0.140. The summed E-state index contributed by atoms with van der Waals surface area (Å²) in [5.74, 6) is 0.328. The number of hydrogen-bond acceptors (Lipinski definition) is 8. The molecule has 9 heteroatoms. The zero-order chi connectivity index (χ0) is 27.3. The number of thioether (sulfide) groups is 1. The molecule has 2 amide bonds.